The molecule has 1 aromatic heterocycles. The van der Waals surface area contributed by atoms with E-state index < -0.39 is 0 Å². The van der Waals surface area contributed by atoms with E-state index in [0.29, 0.717) is 10.2 Å². The van der Waals surface area contributed by atoms with Gasteiger partial charge in [-0.2, -0.15) is 0 Å². The normalized spacial score (nSPS) is 11.8. The number of hydrogen-bond acceptors (Lipinski definition) is 4. The van der Waals surface area contributed by atoms with Crippen LogP contribution in [-0.4, -0.2) is 16.1 Å². The number of nitrogens with zero attached hydrogens (tertiary/aromatic N) is 2. The summed E-state index contributed by atoms with van der Waals surface area (Å²) in [5, 5.41) is 12.9. The average molecular weight is 336 g/mol. The van der Waals surface area contributed by atoms with Crippen LogP contribution in [0.2, 0.25) is 5.02 Å². The minimum Gasteiger partial charge on any atom is -0.297 e. The van der Waals surface area contributed by atoms with Gasteiger partial charge in [-0.25, -0.2) is 0 Å². The summed E-state index contributed by atoms with van der Waals surface area (Å²) in [6.45, 7) is 6.32. The Morgan fingerprint density at radius 2 is 2.09 bits per heavy atom. The van der Waals surface area contributed by atoms with Crippen molar-refractivity contribution in [3.63, 3.8) is 0 Å². The third-order valence-corrected chi connectivity index (χ3v) is 4.99. The molecule has 1 amide bonds. The number of halogens is 1. The van der Waals surface area contributed by atoms with Crippen LogP contribution in [0, 0.1) is 0 Å². The molecule has 0 fully saturated rings. The van der Waals surface area contributed by atoms with E-state index in [1.807, 2.05) is 18.2 Å². The molecule has 0 saturated carbocycles. The molecule has 2 rings (SSSR count). The van der Waals surface area contributed by atoms with Crippen molar-refractivity contribution in [3.05, 3.63) is 45.9 Å². The Labute approximate surface area is 139 Å². The van der Waals surface area contributed by atoms with Crippen molar-refractivity contribution < 1.29 is 4.79 Å². The Hall–Kier alpha value is -1.72. The highest BCUT2D eigenvalue weighted by Gasteiger charge is 2.23. The van der Waals surface area contributed by atoms with Gasteiger partial charge in [0.2, 0.25) is 11.0 Å². The second-order valence-corrected chi connectivity index (χ2v) is 6.88. The smallest absolute Gasteiger partial charge is 0.250 e. The molecule has 0 spiro atoms. The second kappa shape index (κ2) is 7.03. The lowest BCUT2D eigenvalue weighted by atomic mass is 9.91. The third kappa shape index (κ3) is 4.15. The van der Waals surface area contributed by atoms with E-state index in [1.54, 1.807) is 12.1 Å². The molecule has 1 aromatic carbocycles. The second-order valence-electron chi connectivity index (χ2n) is 5.49. The van der Waals surface area contributed by atoms with Gasteiger partial charge in [-0.1, -0.05) is 61.9 Å². The van der Waals surface area contributed by atoms with Crippen molar-refractivity contribution in [1.29, 1.82) is 0 Å². The Morgan fingerprint density at radius 1 is 1.36 bits per heavy atom. The molecule has 1 heterocycles. The van der Waals surface area contributed by atoms with Crippen LogP contribution in [0.5, 0.6) is 0 Å². The molecule has 0 radical (unpaired) electrons. The minimum absolute atomic E-state index is 0.0337. The Balaban J connectivity index is 2.03. The molecule has 0 atom stereocenters. The van der Waals surface area contributed by atoms with Gasteiger partial charge in [0.15, 0.2) is 0 Å². The molecule has 0 bridgehead atoms. The molecule has 0 aliphatic carbocycles. The quantitative estimate of drug-likeness (QED) is 0.817. The number of rotatable bonds is 5. The summed E-state index contributed by atoms with van der Waals surface area (Å²) in [7, 11) is 0. The highest BCUT2D eigenvalue weighted by molar-refractivity contribution is 7.15. The maximum atomic E-state index is 11.9. The Kier molecular flexibility index (Phi) is 5.32. The summed E-state index contributed by atoms with van der Waals surface area (Å²) in [5.74, 6) is -0.253. The Bertz CT molecular complexity index is 694. The highest BCUT2D eigenvalue weighted by Crippen LogP contribution is 2.30. The van der Waals surface area contributed by atoms with Crippen molar-refractivity contribution in [2.75, 3.05) is 5.32 Å². The predicted octanol–water partition coefficient (Wildman–Crippen LogP) is 4.53. The van der Waals surface area contributed by atoms with E-state index in [-0.39, 0.29) is 11.3 Å². The molecule has 4 nitrogen and oxygen atoms in total. The van der Waals surface area contributed by atoms with Crippen LogP contribution in [0.15, 0.2) is 30.3 Å². The molecule has 1 N–H and O–H groups in total. The molecule has 0 aliphatic rings. The largest absolute Gasteiger partial charge is 0.297 e. The van der Waals surface area contributed by atoms with E-state index in [0.717, 1.165) is 17.0 Å². The summed E-state index contributed by atoms with van der Waals surface area (Å²) in [4.78, 5) is 11.9. The maximum absolute atomic E-state index is 11.9. The number of hydrogen-bond donors (Lipinski definition) is 1. The zero-order chi connectivity index (χ0) is 16.2. The molecule has 6 heteroatoms. The Morgan fingerprint density at radius 3 is 2.77 bits per heavy atom. The lowest BCUT2D eigenvalue weighted by Crippen LogP contribution is -2.14. The average Bonchev–Trinajstić information content (AvgIpc) is 2.95. The van der Waals surface area contributed by atoms with Crippen molar-refractivity contribution in [2.24, 2.45) is 0 Å². The third-order valence-electron chi connectivity index (χ3n) is 3.44. The number of benzene rings is 1. The van der Waals surface area contributed by atoms with Crippen LogP contribution < -0.4 is 5.32 Å². The first-order valence-electron chi connectivity index (χ1n) is 7.00. The van der Waals surface area contributed by atoms with Crippen LogP contribution >= 0.6 is 22.9 Å². The van der Waals surface area contributed by atoms with Gasteiger partial charge in [-0.3, -0.25) is 10.1 Å². The minimum atomic E-state index is -0.253. The molecule has 22 heavy (non-hydrogen) atoms. The number of carbonyl (C=O) groups is 1. The van der Waals surface area contributed by atoms with Gasteiger partial charge in [0.25, 0.3) is 0 Å². The first kappa shape index (κ1) is 16.6. The molecule has 0 saturated heterocycles. The number of amides is 1. The SMILES string of the molecule is CCC(C)(C)c1nnc(NC(=O)/C=C/c2ccccc2Cl)s1. The fourth-order valence-electron chi connectivity index (χ4n) is 1.62. The van der Waals surface area contributed by atoms with Gasteiger partial charge < -0.3 is 0 Å². The summed E-state index contributed by atoms with van der Waals surface area (Å²) < 4.78 is 0. The number of nitrogens with one attached hydrogen (secondary N) is 1. The van der Waals surface area contributed by atoms with Crippen LogP contribution in [0.4, 0.5) is 5.13 Å². The van der Waals surface area contributed by atoms with Gasteiger partial charge in [0.1, 0.15) is 5.01 Å². The van der Waals surface area contributed by atoms with Crippen LogP contribution in [0.3, 0.4) is 0 Å². The summed E-state index contributed by atoms with van der Waals surface area (Å²) in [6, 6.07) is 7.34. The molecule has 2 aromatic rings. The molecule has 0 unspecified atom stereocenters. The van der Waals surface area contributed by atoms with E-state index >= 15 is 0 Å². The molecular weight excluding hydrogens is 318 g/mol. The molecular formula is C16H18ClN3OS. The maximum Gasteiger partial charge on any atom is 0.250 e. The van der Waals surface area contributed by atoms with Gasteiger partial charge in [0.05, 0.1) is 0 Å². The van der Waals surface area contributed by atoms with Crippen molar-refractivity contribution in [2.45, 2.75) is 32.6 Å². The fourth-order valence-corrected chi connectivity index (χ4v) is 2.74. The molecule has 0 aliphatic heterocycles. The highest BCUT2D eigenvalue weighted by atomic mass is 35.5. The summed E-state index contributed by atoms with van der Waals surface area (Å²) in [6.07, 6.45) is 4.07. The van der Waals surface area contributed by atoms with Crippen LogP contribution in [0.25, 0.3) is 6.08 Å². The van der Waals surface area contributed by atoms with E-state index in [1.165, 1.54) is 17.4 Å². The van der Waals surface area contributed by atoms with Crippen molar-refractivity contribution in [1.82, 2.24) is 10.2 Å². The first-order chi connectivity index (χ1) is 10.4. The van der Waals surface area contributed by atoms with Crippen molar-refractivity contribution >= 4 is 40.1 Å². The number of anilines is 1. The van der Waals surface area contributed by atoms with Gasteiger partial charge >= 0.3 is 0 Å². The fraction of sp³-hybridized carbons (Fsp3) is 0.312. The zero-order valence-electron chi connectivity index (χ0n) is 12.8. The first-order valence-corrected chi connectivity index (χ1v) is 8.19. The van der Waals surface area contributed by atoms with E-state index in [4.69, 9.17) is 11.6 Å². The summed E-state index contributed by atoms with van der Waals surface area (Å²) >= 11 is 7.44. The monoisotopic (exact) mass is 335 g/mol. The van der Waals surface area contributed by atoms with Gasteiger partial charge in [-0.15, -0.1) is 10.2 Å². The van der Waals surface area contributed by atoms with E-state index in [9.17, 15) is 4.79 Å². The van der Waals surface area contributed by atoms with Crippen molar-refractivity contribution in [3.8, 4) is 0 Å². The van der Waals surface area contributed by atoms with Crippen LogP contribution in [-0.2, 0) is 10.2 Å². The zero-order valence-corrected chi connectivity index (χ0v) is 14.3. The van der Waals surface area contributed by atoms with Crippen LogP contribution in [0.1, 0.15) is 37.8 Å². The van der Waals surface area contributed by atoms with Gasteiger partial charge in [0, 0.05) is 16.5 Å². The van der Waals surface area contributed by atoms with Gasteiger partial charge in [-0.05, 0) is 24.1 Å². The number of aromatic nitrogens is 2. The standard InChI is InChI=1S/C16H18ClN3OS/c1-4-16(2,3)14-19-20-15(22-14)18-13(21)10-9-11-7-5-6-8-12(11)17/h5-10H,4H2,1-3H3,(H,18,20,21)/b10-9+. The topological polar surface area (TPSA) is 54.9 Å². The predicted molar refractivity (Wildman–Crippen MR) is 92.3 cm³/mol. The lowest BCUT2D eigenvalue weighted by molar-refractivity contribution is -0.111. The lowest BCUT2D eigenvalue weighted by Gasteiger charge is -2.17. The number of carbonyl (C=O) groups excluding carboxylic acids is 1. The summed E-state index contributed by atoms with van der Waals surface area (Å²) in [5.41, 5.74) is 0.762. The van der Waals surface area contributed by atoms with E-state index in [2.05, 4.69) is 36.3 Å². The molecule has 116 valence electrons.